The van der Waals surface area contributed by atoms with Crippen molar-refractivity contribution in [3.63, 3.8) is 0 Å². The van der Waals surface area contributed by atoms with E-state index >= 15 is 0 Å². The predicted octanol–water partition coefficient (Wildman–Crippen LogP) is 6.55. The second-order valence-corrected chi connectivity index (χ2v) is 10.4. The van der Waals surface area contributed by atoms with E-state index < -0.39 is 11.9 Å². The Balaban J connectivity index is 1.45. The summed E-state index contributed by atoms with van der Waals surface area (Å²) in [6.45, 7) is 6.69. The summed E-state index contributed by atoms with van der Waals surface area (Å²) in [7, 11) is 0. The molecule has 0 unspecified atom stereocenters. The van der Waals surface area contributed by atoms with Gasteiger partial charge in [0.1, 0.15) is 0 Å². The van der Waals surface area contributed by atoms with Gasteiger partial charge in [0.15, 0.2) is 0 Å². The van der Waals surface area contributed by atoms with Crippen molar-refractivity contribution in [3.05, 3.63) is 33.9 Å². The van der Waals surface area contributed by atoms with E-state index in [1.54, 1.807) is 0 Å². The van der Waals surface area contributed by atoms with Crippen molar-refractivity contribution in [1.29, 1.82) is 0 Å². The van der Waals surface area contributed by atoms with E-state index in [1.165, 1.54) is 27.8 Å². The van der Waals surface area contributed by atoms with Gasteiger partial charge < -0.3 is 10.2 Å². The van der Waals surface area contributed by atoms with Gasteiger partial charge in [-0.15, -0.1) is 0 Å². The fourth-order valence-corrected chi connectivity index (χ4v) is 5.17. The molecule has 1 aromatic carbocycles. The number of carboxylic acid groups (broad SMARTS) is 2. The Bertz CT molecular complexity index is 815. The molecule has 1 aromatic rings. The Morgan fingerprint density at radius 2 is 1.23 bits per heavy atom. The molecule has 0 atom stereocenters. The van der Waals surface area contributed by atoms with Crippen LogP contribution in [-0.4, -0.2) is 22.2 Å². The van der Waals surface area contributed by atoms with Gasteiger partial charge in [-0.05, 0) is 113 Å². The highest BCUT2D eigenvalue weighted by Gasteiger charge is 2.49. The molecule has 0 amide bonds. The first-order valence-electron chi connectivity index (χ1n) is 12.3. The van der Waals surface area contributed by atoms with Gasteiger partial charge >= 0.3 is 11.9 Å². The van der Waals surface area contributed by atoms with Crippen molar-refractivity contribution in [2.24, 2.45) is 10.8 Å². The lowest BCUT2D eigenvalue weighted by Gasteiger charge is -2.18. The summed E-state index contributed by atoms with van der Waals surface area (Å²) >= 11 is 0. The van der Waals surface area contributed by atoms with Crippen molar-refractivity contribution >= 4 is 11.9 Å². The third-order valence-electron chi connectivity index (χ3n) is 8.17. The van der Waals surface area contributed by atoms with Gasteiger partial charge in [-0.25, -0.2) is 0 Å². The third kappa shape index (κ3) is 5.70. The van der Waals surface area contributed by atoms with E-state index in [2.05, 4.69) is 26.8 Å². The molecule has 0 heterocycles. The zero-order valence-corrected chi connectivity index (χ0v) is 19.7. The lowest BCUT2D eigenvalue weighted by Crippen LogP contribution is -2.14. The molecule has 4 nitrogen and oxygen atoms in total. The second-order valence-electron chi connectivity index (χ2n) is 10.4. The van der Waals surface area contributed by atoms with E-state index in [0.29, 0.717) is 0 Å². The third-order valence-corrected chi connectivity index (χ3v) is 8.17. The number of hydrogen-bond donors (Lipinski definition) is 2. The molecule has 2 fully saturated rings. The molecular formula is C27H40O4. The molecule has 0 bridgehead atoms. The number of aryl methyl sites for hydroxylation is 2. The number of hydrogen-bond acceptors (Lipinski definition) is 2. The number of carboxylic acids is 2. The molecule has 31 heavy (non-hydrogen) atoms. The summed E-state index contributed by atoms with van der Waals surface area (Å²) in [5.41, 5.74) is 6.36. The zero-order chi connectivity index (χ0) is 22.6. The minimum absolute atomic E-state index is 0.382. The Morgan fingerprint density at radius 1 is 0.742 bits per heavy atom. The first-order valence-corrected chi connectivity index (χ1v) is 12.3. The van der Waals surface area contributed by atoms with E-state index in [4.69, 9.17) is 0 Å². The molecule has 0 aromatic heterocycles. The Hall–Kier alpha value is -1.84. The molecule has 2 aliphatic rings. The number of rotatable bonds is 14. The SMILES string of the molecule is Cc1cc(CCCCCC2(C(=O)O)CC2)c(C)c(CCCCCC2(C(=O)O)CC2)c1C. The highest BCUT2D eigenvalue weighted by Crippen LogP contribution is 2.50. The van der Waals surface area contributed by atoms with Crippen molar-refractivity contribution < 1.29 is 19.8 Å². The Morgan fingerprint density at radius 3 is 1.68 bits per heavy atom. The van der Waals surface area contributed by atoms with Crippen LogP contribution in [0.4, 0.5) is 0 Å². The van der Waals surface area contributed by atoms with E-state index in [-0.39, 0.29) is 10.8 Å². The zero-order valence-electron chi connectivity index (χ0n) is 19.7. The van der Waals surface area contributed by atoms with Gasteiger partial charge in [0, 0.05) is 0 Å². The van der Waals surface area contributed by atoms with E-state index in [1.807, 2.05) is 0 Å². The van der Waals surface area contributed by atoms with Crippen LogP contribution in [0.25, 0.3) is 0 Å². The summed E-state index contributed by atoms with van der Waals surface area (Å²) in [5, 5.41) is 18.6. The first kappa shape index (κ1) is 23.8. The standard InChI is InChI=1S/C27H40O4/c1-19-18-22(10-6-4-8-12-26(14-15-26)24(28)29)21(3)23(20(19)2)11-7-5-9-13-27(16-17-27)25(30)31/h18H,4-17H2,1-3H3,(H,28,29)(H,30,31). The molecule has 2 aliphatic carbocycles. The van der Waals surface area contributed by atoms with Crippen LogP contribution in [0.3, 0.4) is 0 Å². The molecule has 172 valence electrons. The van der Waals surface area contributed by atoms with Gasteiger partial charge in [0.2, 0.25) is 0 Å². The first-order chi connectivity index (χ1) is 14.7. The minimum atomic E-state index is -0.600. The average molecular weight is 429 g/mol. The molecule has 0 aliphatic heterocycles. The van der Waals surface area contributed by atoms with Crippen LogP contribution in [0.2, 0.25) is 0 Å². The van der Waals surface area contributed by atoms with Gasteiger partial charge in [-0.3, -0.25) is 9.59 Å². The molecule has 0 radical (unpaired) electrons. The van der Waals surface area contributed by atoms with Crippen LogP contribution in [0.15, 0.2) is 6.07 Å². The fraction of sp³-hybridized carbons (Fsp3) is 0.704. The summed E-state index contributed by atoms with van der Waals surface area (Å²) < 4.78 is 0. The van der Waals surface area contributed by atoms with Crippen molar-refractivity contribution in [2.75, 3.05) is 0 Å². The molecule has 2 saturated carbocycles. The van der Waals surface area contributed by atoms with Crippen LogP contribution in [0.5, 0.6) is 0 Å². The quantitative estimate of drug-likeness (QED) is 0.330. The van der Waals surface area contributed by atoms with Crippen LogP contribution in [-0.2, 0) is 22.4 Å². The smallest absolute Gasteiger partial charge is 0.309 e. The highest BCUT2D eigenvalue weighted by atomic mass is 16.4. The van der Waals surface area contributed by atoms with Crippen molar-refractivity contribution in [1.82, 2.24) is 0 Å². The largest absolute Gasteiger partial charge is 0.481 e. The molecule has 0 spiro atoms. The van der Waals surface area contributed by atoms with Gasteiger partial charge in [0.25, 0.3) is 0 Å². The van der Waals surface area contributed by atoms with Gasteiger partial charge in [0.05, 0.1) is 10.8 Å². The Kier molecular flexibility index (Phi) is 7.49. The normalized spacial score (nSPS) is 18.0. The minimum Gasteiger partial charge on any atom is -0.481 e. The maximum atomic E-state index is 11.3. The second kappa shape index (κ2) is 9.75. The average Bonchev–Trinajstić information content (AvgIpc) is 3.63. The monoisotopic (exact) mass is 428 g/mol. The summed E-state index contributed by atoms with van der Waals surface area (Å²) in [6.07, 6.45) is 13.7. The maximum absolute atomic E-state index is 11.3. The van der Waals surface area contributed by atoms with Crippen molar-refractivity contribution in [2.45, 2.75) is 111 Å². The predicted molar refractivity (Wildman–Crippen MR) is 124 cm³/mol. The lowest BCUT2D eigenvalue weighted by atomic mass is 9.88. The van der Waals surface area contributed by atoms with E-state index in [9.17, 15) is 19.8 Å². The summed E-state index contributed by atoms with van der Waals surface area (Å²) in [5.74, 6) is -1.20. The molecule has 2 N–H and O–H groups in total. The molecule has 0 saturated heterocycles. The number of carbonyl (C=O) groups is 2. The van der Waals surface area contributed by atoms with Gasteiger partial charge in [-0.1, -0.05) is 31.7 Å². The molecular weight excluding hydrogens is 388 g/mol. The summed E-state index contributed by atoms with van der Waals surface area (Å²) in [6, 6.07) is 2.34. The summed E-state index contributed by atoms with van der Waals surface area (Å²) in [4.78, 5) is 22.6. The molecule has 4 heteroatoms. The Labute approximate surface area is 187 Å². The topological polar surface area (TPSA) is 74.6 Å². The lowest BCUT2D eigenvalue weighted by molar-refractivity contribution is -0.144. The van der Waals surface area contributed by atoms with Gasteiger partial charge in [-0.2, -0.15) is 0 Å². The molecule has 3 rings (SSSR count). The number of benzene rings is 1. The van der Waals surface area contributed by atoms with Crippen LogP contribution >= 0.6 is 0 Å². The maximum Gasteiger partial charge on any atom is 0.309 e. The number of unbranched alkanes of at least 4 members (excludes halogenated alkanes) is 4. The highest BCUT2D eigenvalue weighted by molar-refractivity contribution is 5.78. The van der Waals surface area contributed by atoms with E-state index in [0.717, 1.165) is 89.9 Å². The van der Waals surface area contributed by atoms with Crippen molar-refractivity contribution in [3.8, 4) is 0 Å². The fourth-order valence-electron chi connectivity index (χ4n) is 5.17. The number of aliphatic carboxylic acids is 2. The van der Waals surface area contributed by atoms with Crippen LogP contribution in [0.1, 0.15) is 105 Å². The van der Waals surface area contributed by atoms with Crippen LogP contribution < -0.4 is 0 Å². The van der Waals surface area contributed by atoms with Crippen LogP contribution in [0, 0.1) is 31.6 Å².